The van der Waals surface area contributed by atoms with Gasteiger partial charge in [0.2, 0.25) is 11.8 Å². The van der Waals surface area contributed by atoms with Gasteiger partial charge in [-0.1, -0.05) is 11.3 Å². The highest BCUT2D eigenvalue weighted by Crippen LogP contribution is 2.29. The molecular formula is C22H25F3N6O5. The van der Waals surface area contributed by atoms with Crippen LogP contribution < -0.4 is 5.32 Å². The summed E-state index contributed by atoms with van der Waals surface area (Å²) < 4.78 is 33.4. The fourth-order valence-corrected chi connectivity index (χ4v) is 3.62. The quantitative estimate of drug-likeness (QED) is 0.578. The second-order valence-corrected chi connectivity index (χ2v) is 8.71. The summed E-state index contributed by atoms with van der Waals surface area (Å²) in [5.41, 5.74) is 3.01. The summed E-state index contributed by atoms with van der Waals surface area (Å²) in [7, 11) is 2.03. The van der Waals surface area contributed by atoms with E-state index in [1.165, 1.54) is 0 Å². The van der Waals surface area contributed by atoms with Crippen molar-refractivity contribution in [2.75, 3.05) is 7.05 Å². The number of rotatable bonds is 5. The van der Waals surface area contributed by atoms with Gasteiger partial charge in [-0.3, -0.25) is 24.6 Å². The molecule has 3 amide bonds. The van der Waals surface area contributed by atoms with Crippen LogP contribution in [0.2, 0.25) is 0 Å². The zero-order chi connectivity index (χ0) is 26.8. The lowest BCUT2D eigenvalue weighted by molar-refractivity contribution is -0.192. The molecule has 1 fully saturated rings. The van der Waals surface area contributed by atoms with Crippen molar-refractivity contribution in [2.45, 2.75) is 58.0 Å². The minimum absolute atomic E-state index is 0.198. The van der Waals surface area contributed by atoms with Crippen LogP contribution in [-0.2, 0) is 27.5 Å². The van der Waals surface area contributed by atoms with Crippen LogP contribution in [0.4, 0.5) is 13.2 Å². The largest absolute Gasteiger partial charge is 0.490 e. The molecule has 0 saturated carbocycles. The molecule has 2 aliphatic rings. The number of nitrogens with one attached hydrogen (secondary N) is 1. The first-order valence-corrected chi connectivity index (χ1v) is 11.0. The van der Waals surface area contributed by atoms with Crippen molar-refractivity contribution in [3.8, 4) is 5.69 Å². The van der Waals surface area contributed by atoms with Gasteiger partial charge in [0.1, 0.15) is 6.04 Å². The Labute approximate surface area is 203 Å². The lowest BCUT2D eigenvalue weighted by atomic mass is 10.0. The van der Waals surface area contributed by atoms with Crippen LogP contribution >= 0.6 is 0 Å². The Morgan fingerprint density at radius 2 is 1.94 bits per heavy atom. The van der Waals surface area contributed by atoms with Crippen molar-refractivity contribution in [1.82, 2.24) is 30.1 Å². The van der Waals surface area contributed by atoms with Gasteiger partial charge < -0.3 is 10.0 Å². The number of carboxylic acids is 1. The number of piperidine rings is 1. The molecule has 2 aliphatic heterocycles. The van der Waals surface area contributed by atoms with E-state index >= 15 is 0 Å². The number of imide groups is 1. The summed E-state index contributed by atoms with van der Waals surface area (Å²) in [5.74, 6) is -3.65. The molecule has 1 atom stereocenters. The lowest BCUT2D eigenvalue weighted by Crippen LogP contribution is -2.52. The van der Waals surface area contributed by atoms with E-state index in [1.54, 1.807) is 15.6 Å². The van der Waals surface area contributed by atoms with E-state index in [2.05, 4.69) is 34.4 Å². The molecule has 3 heterocycles. The number of aliphatic carboxylic acids is 1. The van der Waals surface area contributed by atoms with Crippen LogP contribution in [0.3, 0.4) is 0 Å². The smallest absolute Gasteiger partial charge is 0.475 e. The number of fused-ring (bicyclic) bond motifs is 1. The third-order valence-corrected chi connectivity index (χ3v) is 5.85. The number of benzene rings is 1. The van der Waals surface area contributed by atoms with Gasteiger partial charge in [-0.05, 0) is 45.0 Å². The molecule has 0 aliphatic carbocycles. The average molecular weight is 510 g/mol. The van der Waals surface area contributed by atoms with Crippen LogP contribution in [0, 0.1) is 0 Å². The number of hydrogen-bond donors (Lipinski definition) is 2. The van der Waals surface area contributed by atoms with E-state index < -0.39 is 24.1 Å². The molecule has 1 unspecified atom stereocenters. The zero-order valence-electron chi connectivity index (χ0n) is 19.7. The van der Waals surface area contributed by atoms with E-state index in [-0.39, 0.29) is 18.2 Å². The molecular weight excluding hydrogens is 485 g/mol. The summed E-state index contributed by atoms with van der Waals surface area (Å²) >= 11 is 0. The molecule has 14 heteroatoms. The number of carboxylic acid groups (broad SMARTS) is 1. The van der Waals surface area contributed by atoms with Gasteiger partial charge in [-0.2, -0.15) is 13.2 Å². The van der Waals surface area contributed by atoms with Gasteiger partial charge in [0.25, 0.3) is 5.91 Å². The Bertz CT molecular complexity index is 1180. The maximum atomic E-state index is 12.9. The van der Waals surface area contributed by atoms with Crippen molar-refractivity contribution >= 4 is 23.7 Å². The summed E-state index contributed by atoms with van der Waals surface area (Å²) in [5, 5.41) is 17.9. The highest BCUT2D eigenvalue weighted by molar-refractivity contribution is 6.05. The highest BCUT2D eigenvalue weighted by Gasteiger charge is 2.39. The minimum Gasteiger partial charge on any atom is -0.475 e. The number of alkyl halides is 3. The second kappa shape index (κ2) is 10.4. The molecule has 0 radical (unpaired) electrons. The van der Waals surface area contributed by atoms with Crippen molar-refractivity contribution < 1.29 is 37.5 Å². The van der Waals surface area contributed by atoms with Gasteiger partial charge in [0, 0.05) is 31.1 Å². The van der Waals surface area contributed by atoms with E-state index in [4.69, 9.17) is 9.90 Å². The SMILES string of the molecule is CC(C)N(C)Cc1cn(-c2ccc3c(c2)C(=O)N(C2CCC(=O)NC2=O)C3)nn1.O=C(O)C(F)(F)F. The Morgan fingerprint density at radius 1 is 1.28 bits per heavy atom. The van der Waals surface area contributed by atoms with E-state index in [0.29, 0.717) is 31.1 Å². The molecule has 11 nitrogen and oxygen atoms in total. The first-order chi connectivity index (χ1) is 16.8. The zero-order valence-corrected chi connectivity index (χ0v) is 19.7. The topological polar surface area (TPSA) is 138 Å². The maximum absolute atomic E-state index is 12.9. The molecule has 4 rings (SSSR count). The molecule has 0 bridgehead atoms. The minimum atomic E-state index is -5.08. The summed E-state index contributed by atoms with van der Waals surface area (Å²) in [6.07, 6.45) is -2.63. The fourth-order valence-electron chi connectivity index (χ4n) is 3.62. The first kappa shape index (κ1) is 26.8. The van der Waals surface area contributed by atoms with Gasteiger partial charge in [0.05, 0.1) is 17.6 Å². The van der Waals surface area contributed by atoms with Crippen molar-refractivity contribution in [1.29, 1.82) is 0 Å². The predicted octanol–water partition coefficient (Wildman–Crippen LogP) is 1.50. The van der Waals surface area contributed by atoms with Gasteiger partial charge >= 0.3 is 12.1 Å². The van der Waals surface area contributed by atoms with Crippen LogP contribution in [0.25, 0.3) is 5.69 Å². The van der Waals surface area contributed by atoms with Crippen molar-refractivity contribution in [3.05, 3.63) is 41.2 Å². The Kier molecular flexibility index (Phi) is 7.77. The molecule has 2 N–H and O–H groups in total. The Morgan fingerprint density at radius 3 is 2.53 bits per heavy atom. The van der Waals surface area contributed by atoms with Crippen LogP contribution in [0.15, 0.2) is 24.4 Å². The van der Waals surface area contributed by atoms with Crippen molar-refractivity contribution in [2.24, 2.45) is 0 Å². The molecule has 36 heavy (non-hydrogen) atoms. The molecule has 2 aromatic rings. The maximum Gasteiger partial charge on any atom is 0.490 e. The van der Waals surface area contributed by atoms with E-state index in [9.17, 15) is 27.6 Å². The first-order valence-electron chi connectivity index (χ1n) is 11.0. The third kappa shape index (κ3) is 6.05. The van der Waals surface area contributed by atoms with Gasteiger partial charge in [0.15, 0.2) is 0 Å². The number of carbonyl (C=O) groups is 4. The van der Waals surface area contributed by atoms with Crippen molar-refractivity contribution in [3.63, 3.8) is 0 Å². The van der Waals surface area contributed by atoms with E-state index in [1.807, 2.05) is 25.4 Å². The van der Waals surface area contributed by atoms with Crippen LogP contribution in [0.5, 0.6) is 0 Å². The summed E-state index contributed by atoms with van der Waals surface area (Å²) in [6.45, 7) is 5.28. The standard InChI is InChI=1S/C20H24N6O3.C2HF3O2/c1-12(2)24(3)10-14-11-26(23-22-14)15-5-4-13-9-25(20(29)16(13)8-15)17-6-7-18(27)21-19(17)28;3-2(4,5)1(6)7/h4-5,8,11-12,17H,6-7,9-10H2,1-3H3,(H,21,27,28);(H,6,7). The number of aromatic nitrogens is 3. The Hall–Kier alpha value is -3.81. The number of amides is 3. The monoisotopic (exact) mass is 510 g/mol. The average Bonchev–Trinajstić information content (AvgIpc) is 3.38. The van der Waals surface area contributed by atoms with E-state index in [0.717, 1.165) is 16.9 Å². The number of hydrogen-bond acceptors (Lipinski definition) is 7. The molecule has 1 aromatic carbocycles. The van der Waals surface area contributed by atoms with Crippen LogP contribution in [0.1, 0.15) is 48.3 Å². The van der Waals surface area contributed by atoms with Gasteiger partial charge in [-0.25, -0.2) is 9.48 Å². The number of halogens is 3. The van der Waals surface area contributed by atoms with Gasteiger partial charge in [-0.15, -0.1) is 5.10 Å². The second-order valence-electron chi connectivity index (χ2n) is 8.71. The Balaban J connectivity index is 0.000000454. The number of carbonyl (C=O) groups excluding carboxylic acids is 3. The normalized spacial score (nSPS) is 17.7. The highest BCUT2D eigenvalue weighted by atomic mass is 19.4. The molecule has 0 spiro atoms. The molecule has 194 valence electrons. The predicted molar refractivity (Wildman–Crippen MR) is 118 cm³/mol. The summed E-state index contributed by atoms with van der Waals surface area (Å²) in [4.78, 5) is 49.1. The number of nitrogens with zero attached hydrogens (tertiary/aromatic N) is 5. The molecule has 1 saturated heterocycles. The molecule has 1 aromatic heterocycles. The fraction of sp³-hybridized carbons (Fsp3) is 0.455. The summed E-state index contributed by atoms with van der Waals surface area (Å²) in [6, 6.07) is 5.35. The third-order valence-electron chi connectivity index (χ3n) is 5.85. The lowest BCUT2D eigenvalue weighted by Gasteiger charge is -2.29. The van der Waals surface area contributed by atoms with Crippen LogP contribution in [-0.4, -0.2) is 78.9 Å².